The van der Waals surface area contributed by atoms with E-state index in [9.17, 15) is 8.78 Å². The number of hydrogen-bond acceptors (Lipinski definition) is 4. The van der Waals surface area contributed by atoms with Gasteiger partial charge in [-0.15, -0.1) is 5.10 Å². The van der Waals surface area contributed by atoms with Gasteiger partial charge in [-0.1, -0.05) is 17.3 Å². The van der Waals surface area contributed by atoms with E-state index in [-0.39, 0.29) is 0 Å². The van der Waals surface area contributed by atoms with E-state index in [0.717, 1.165) is 34.4 Å². The lowest BCUT2D eigenvalue weighted by atomic mass is 10.1. The van der Waals surface area contributed by atoms with Gasteiger partial charge in [0.1, 0.15) is 5.69 Å². The summed E-state index contributed by atoms with van der Waals surface area (Å²) in [5.74, 6) is -1.84. The van der Waals surface area contributed by atoms with Gasteiger partial charge in [0, 0.05) is 22.8 Å². The number of anilines is 2. The number of aryl methyl sites for hydroxylation is 2. The Kier molecular flexibility index (Phi) is 4.86. The minimum absolute atomic E-state index is 0.378. The summed E-state index contributed by atoms with van der Waals surface area (Å²) in [7, 11) is 0. The predicted molar refractivity (Wildman–Crippen MR) is 121 cm³/mol. The second-order valence-electron chi connectivity index (χ2n) is 7.64. The van der Waals surface area contributed by atoms with Crippen molar-refractivity contribution in [3.05, 3.63) is 95.7 Å². The quantitative estimate of drug-likeness (QED) is 0.375. The van der Waals surface area contributed by atoms with E-state index >= 15 is 0 Å². The molecule has 0 fully saturated rings. The smallest absolute Gasteiger partial charge is 0.160 e. The molecule has 7 heteroatoms. The number of halogens is 2. The molecule has 0 saturated heterocycles. The Balaban J connectivity index is 1.47. The minimum Gasteiger partial charge on any atom is -0.355 e. The number of benzene rings is 3. The second-order valence-corrected chi connectivity index (χ2v) is 7.64. The van der Waals surface area contributed by atoms with E-state index in [1.54, 1.807) is 6.20 Å². The Labute approximate surface area is 183 Å². The lowest BCUT2D eigenvalue weighted by Crippen LogP contribution is -1.96. The molecule has 0 saturated carbocycles. The van der Waals surface area contributed by atoms with Crippen LogP contribution in [0.4, 0.5) is 20.2 Å². The molecule has 0 unspecified atom stereocenters. The molecule has 2 heterocycles. The molecule has 2 aromatic heterocycles. The predicted octanol–water partition coefficient (Wildman–Crippen LogP) is 6.12. The Morgan fingerprint density at radius 1 is 0.812 bits per heavy atom. The summed E-state index contributed by atoms with van der Waals surface area (Å²) in [6.07, 6.45) is 1.64. The molecule has 5 rings (SSSR count). The fourth-order valence-electron chi connectivity index (χ4n) is 3.52. The number of nitrogens with zero attached hydrogens (tertiary/aromatic N) is 4. The molecule has 1 N–H and O–H groups in total. The van der Waals surface area contributed by atoms with Crippen molar-refractivity contribution in [2.24, 2.45) is 0 Å². The first kappa shape index (κ1) is 19.8. The summed E-state index contributed by atoms with van der Waals surface area (Å²) in [5.41, 5.74) is 6.78. The van der Waals surface area contributed by atoms with Crippen molar-refractivity contribution >= 4 is 22.3 Å². The monoisotopic (exact) mass is 427 g/mol. The topological polar surface area (TPSA) is 55.6 Å². The molecular formula is C25H19F2N5. The maximum Gasteiger partial charge on any atom is 0.160 e. The van der Waals surface area contributed by atoms with Crippen LogP contribution in [-0.4, -0.2) is 20.0 Å². The van der Waals surface area contributed by atoms with Gasteiger partial charge in [0.2, 0.25) is 0 Å². The normalized spacial score (nSPS) is 11.1. The van der Waals surface area contributed by atoms with Crippen LogP contribution in [0, 0.1) is 25.5 Å². The average Bonchev–Trinajstić information content (AvgIpc) is 3.28. The van der Waals surface area contributed by atoms with Gasteiger partial charge in [0.05, 0.1) is 23.1 Å². The van der Waals surface area contributed by atoms with Crippen LogP contribution >= 0.6 is 0 Å². The maximum absolute atomic E-state index is 13.6. The van der Waals surface area contributed by atoms with Gasteiger partial charge >= 0.3 is 0 Å². The van der Waals surface area contributed by atoms with E-state index in [0.29, 0.717) is 17.1 Å². The van der Waals surface area contributed by atoms with Crippen molar-refractivity contribution in [1.29, 1.82) is 0 Å². The third-order valence-corrected chi connectivity index (χ3v) is 5.44. The van der Waals surface area contributed by atoms with Gasteiger partial charge in [-0.2, -0.15) is 0 Å². The summed E-state index contributed by atoms with van der Waals surface area (Å²) in [5, 5.41) is 12.6. The number of hydrogen-bond donors (Lipinski definition) is 1. The molecule has 0 aliphatic rings. The number of pyridine rings is 1. The highest BCUT2D eigenvalue weighted by Crippen LogP contribution is 2.28. The zero-order valence-corrected chi connectivity index (χ0v) is 17.5. The third-order valence-electron chi connectivity index (χ3n) is 5.44. The van der Waals surface area contributed by atoms with E-state index in [1.807, 2.05) is 30.3 Å². The maximum atomic E-state index is 13.6. The van der Waals surface area contributed by atoms with Gasteiger partial charge in [-0.05, 0) is 73.5 Å². The highest BCUT2D eigenvalue weighted by atomic mass is 19.2. The third kappa shape index (κ3) is 3.69. The molecule has 3 aromatic carbocycles. The molecular weight excluding hydrogens is 408 g/mol. The second kappa shape index (κ2) is 7.85. The first-order valence-corrected chi connectivity index (χ1v) is 10.1. The summed E-state index contributed by atoms with van der Waals surface area (Å²) >= 11 is 0. The van der Waals surface area contributed by atoms with Crippen molar-refractivity contribution in [2.75, 3.05) is 5.32 Å². The van der Waals surface area contributed by atoms with Crippen LogP contribution in [0.25, 0.3) is 28.0 Å². The van der Waals surface area contributed by atoms with Gasteiger partial charge in [0.25, 0.3) is 0 Å². The van der Waals surface area contributed by atoms with Crippen LogP contribution in [0.1, 0.15) is 11.1 Å². The number of rotatable bonds is 4. The van der Waals surface area contributed by atoms with Crippen molar-refractivity contribution in [3.63, 3.8) is 0 Å². The molecule has 158 valence electrons. The van der Waals surface area contributed by atoms with Gasteiger partial charge in [-0.25, -0.2) is 18.4 Å². The average molecular weight is 427 g/mol. The van der Waals surface area contributed by atoms with E-state index in [2.05, 4.69) is 47.7 Å². The minimum atomic E-state index is -0.938. The summed E-state index contributed by atoms with van der Waals surface area (Å²) in [6, 6.07) is 19.6. The molecule has 5 nitrogen and oxygen atoms in total. The zero-order chi connectivity index (χ0) is 22.2. The SMILES string of the molecule is Cc1ccc(Nc2cccc3nc(-c4cn(-c5ccc(F)c(F)c5)nn4)ccc23)cc1C. The van der Waals surface area contributed by atoms with Crippen LogP contribution in [0.5, 0.6) is 0 Å². The molecule has 5 aromatic rings. The fraction of sp³-hybridized carbons (Fsp3) is 0.0800. The Bertz CT molecular complexity index is 1460. The summed E-state index contributed by atoms with van der Waals surface area (Å²) in [4.78, 5) is 4.73. The van der Waals surface area contributed by atoms with Crippen LogP contribution in [0.2, 0.25) is 0 Å². The summed E-state index contributed by atoms with van der Waals surface area (Å²) < 4.78 is 28.1. The summed E-state index contributed by atoms with van der Waals surface area (Å²) in [6.45, 7) is 4.18. The van der Waals surface area contributed by atoms with Crippen molar-refractivity contribution < 1.29 is 8.78 Å². The Morgan fingerprint density at radius 2 is 1.69 bits per heavy atom. The molecule has 0 atom stereocenters. The zero-order valence-electron chi connectivity index (χ0n) is 17.5. The lowest BCUT2D eigenvalue weighted by Gasteiger charge is -2.11. The van der Waals surface area contributed by atoms with Gasteiger partial charge in [0.15, 0.2) is 11.6 Å². The first-order valence-electron chi connectivity index (χ1n) is 10.1. The van der Waals surface area contributed by atoms with E-state index in [1.165, 1.54) is 21.9 Å². The van der Waals surface area contributed by atoms with E-state index in [4.69, 9.17) is 4.98 Å². The molecule has 0 amide bonds. The Morgan fingerprint density at radius 3 is 2.50 bits per heavy atom. The molecule has 0 radical (unpaired) electrons. The molecule has 32 heavy (non-hydrogen) atoms. The number of nitrogens with one attached hydrogen (secondary N) is 1. The van der Waals surface area contributed by atoms with Crippen molar-refractivity contribution in [1.82, 2.24) is 20.0 Å². The van der Waals surface area contributed by atoms with E-state index < -0.39 is 11.6 Å². The van der Waals surface area contributed by atoms with Gasteiger partial charge in [-0.3, -0.25) is 0 Å². The van der Waals surface area contributed by atoms with Crippen LogP contribution in [0.3, 0.4) is 0 Å². The van der Waals surface area contributed by atoms with Crippen LogP contribution < -0.4 is 5.32 Å². The molecule has 0 aliphatic carbocycles. The highest BCUT2D eigenvalue weighted by Gasteiger charge is 2.11. The lowest BCUT2D eigenvalue weighted by molar-refractivity contribution is 0.507. The largest absolute Gasteiger partial charge is 0.355 e. The van der Waals surface area contributed by atoms with Crippen molar-refractivity contribution in [2.45, 2.75) is 13.8 Å². The molecule has 0 bridgehead atoms. The molecule has 0 aliphatic heterocycles. The van der Waals surface area contributed by atoms with Crippen molar-refractivity contribution in [3.8, 4) is 17.1 Å². The van der Waals surface area contributed by atoms with Gasteiger partial charge < -0.3 is 5.32 Å². The van der Waals surface area contributed by atoms with Crippen LogP contribution in [-0.2, 0) is 0 Å². The fourth-order valence-corrected chi connectivity index (χ4v) is 3.52. The standard InChI is InChI=1S/C25H19F2N5/c1-15-6-7-17(12-16(15)2)28-22-4-3-5-23-19(22)9-11-24(29-23)25-14-32(31-30-25)18-8-10-20(26)21(27)13-18/h3-14,28H,1-2H3. The number of aromatic nitrogens is 4. The Hall–Kier alpha value is -4.13. The number of fused-ring (bicyclic) bond motifs is 1. The van der Waals surface area contributed by atoms with Crippen LogP contribution in [0.15, 0.2) is 72.9 Å². The highest BCUT2D eigenvalue weighted by molar-refractivity contribution is 5.94. The molecule has 0 spiro atoms. The first-order chi connectivity index (χ1) is 15.5.